The maximum Gasteiger partial charge on any atom is 0.0810 e. The minimum Gasteiger partial charge on any atom is -0.374 e. The Labute approximate surface area is 131 Å². The molecule has 0 spiro atoms. The molecule has 2 nitrogen and oxygen atoms in total. The summed E-state index contributed by atoms with van der Waals surface area (Å²) in [6.45, 7) is 6.15. The van der Waals surface area contributed by atoms with Gasteiger partial charge in [-0.2, -0.15) is 0 Å². The normalized spacial score (nSPS) is 24.6. The molecule has 1 aromatic rings. The molecule has 1 aliphatic heterocycles. The highest BCUT2D eigenvalue weighted by molar-refractivity contribution is 6.42. The van der Waals surface area contributed by atoms with E-state index in [1.54, 1.807) is 0 Å². The molecule has 4 heteroatoms. The lowest BCUT2D eigenvalue weighted by Gasteiger charge is -2.41. The summed E-state index contributed by atoms with van der Waals surface area (Å²) in [5, 5.41) is 4.80. The summed E-state index contributed by atoms with van der Waals surface area (Å²) in [6, 6.07) is 6.17. The molecule has 0 saturated carbocycles. The quantitative estimate of drug-likeness (QED) is 0.865. The van der Waals surface area contributed by atoms with Crippen molar-refractivity contribution >= 4 is 23.2 Å². The Morgan fingerprint density at radius 3 is 2.70 bits per heavy atom. The molecule has 1 fully saturated rings. The van der Waals surface area contributed by atoms with E-state index in [1.807, 2.05) is 18.2 Å². The monoisotopic (exact) mass is 315 g/mol. The van der Waals surface area contributed by atoms with E-state index in [0.717, 1.165) is 26.0 Å². The topological polar surface area (TPSA) is 21.3 Å². The predicted octanol–water partition coefficient (Wildman–Crippen LogP) is 4.47. The van der Waals surface area contributed by atoms with Crippen molar-refractivity contribution in [2.24, 2.45) is 0 Å². The zero-order chi connectivity index (χ0) is 14.6. The number of hydrogen-bond donors (Lipinski definition) is 1. The lowest BCUT2D eigenvalue weighted by Crippen LogP contribution is -2.53. The molecule has 112 valence electrons. The molecule has 0 bridgehead atoms. The average Bonchev–Trinajstić information content (AvgIpc) is 2.43. The molecule has 1 heterocycles. The first-order valence-corrected chi connectivity index (χ1v) is 8.12. The van der Waals surface area contributed by atoms with Gasteiger partial charge < -0.3 is 10.1 Å². The van der Waals surface area contributed by atoms with Crippen molar-refractivity contribution in [1.82, 2.24) is 5.32 Å². The van der Waals surface area contributed by atoms with Gasteiger partial charge in [-0.3, -0.25) is 0 Å². The Kier molecular flexibility index (Phi) is 5.74. The van der Waals surface area contributed by atoms with E-state index >= 15 is 0 Å². The lowest BCUT2D eigenvalue weighted by molar-refractivity contribution is -0.0881. The molecule has 1 aliphatic rings. The van der Waals surface area contributed by atoms with E-state index < -0.39 is 0 Å². The van der Waals surface area contributed by atoms with Crippen LogP contribution in [0.1, 0.15) is 38.7 Å². The second-order valence-corrected chi connectivity index (χ2v) is 6.50. The second-order valence-electron chi connectivity index (χ2n) is 5.68. The van der Waals surface area contributed by atoms with Crippen LogP contribution in [0.3, 0.4) is 0 Å². The van der Waals surface area contributed by atoms with Crippen LogP contribution in [0.15, 0.2) is 18.2 Å². The first kappa shape index (κ1) is 16.1. The molecule has 0 aliphatic carbocycles. The van der Waals surface area contributed by atoms with Crippen LogP contribution in [0.4, 0.5) is 0 Å². The maximum atomic E-state index is 6.11. The van der Waals surface area contributed by atoms with Gasteiger partial charge in [0.2, 0.25) is 0 Å². The van der Waals surface area contributed by atoms with Crippen LogP contribution in [-0.2, 0) is 11.2 Å². The number of benzene rings is 1. The minimum absolute atomic E-state index is 0.0969. The molecular weight excluding hydrogens is 293 g/mol. The van der Waals surface area contributed by atoms with E-state index in [9.17, 15) is 0 Å². The lowest BCUT2D eigenvalue weighted by atomic mass is 9.84. The molecule has 0 aromatic heterocycles. The van der Waals surface area contributed by atoms with Crippen LogP contribution < -0.4 is 5.32 Å². The van der Waals surface area contributed by atoms with Gasteiger partial charge in [-0.1, -0.05) is 36.2 Å². The van der Waals surface area contributed by atoms with Crippen molar-refractivity contribution < 1.29 is 4.74 Å². The summed E-state index contributed by atoms with van der Waals surface area (Å²) in [7, 11) is 0. The summed E-state index contributed by atoms with van der Waals surface area (Å²) < 4.78 is 6.08. The van der Waals surface area contributed by atoms with Crippen LogP contribution in [0.25, 0.3) is 0 Å². The number of likely N-dealkylation sites (N-methyl/N-ethyl adjacent to an activating group) is 1. The smallest absolute Gasteiger partial charge is 0.0810 e. The van der Waals surface area contributed by atoms with E-state index in [0.29, 0.717) is 16.1 Å². The van der Waals surface area contributed by atoms with E-state index in [1.165, 1.54) is 18.4 Å². The molecule has 20 heavy (non-hydrogen) atoms. The van der Waals surface area contributed by atoms with Gasteiger partial charge in [-0.25, -0.2) is 0 Å². The Bertz CT molecular complexity index is 444. The molecule has 0 amide bonds. The molecular formula is C16H23Cl2NO. The Morgan fingerprint density at radius 1 is 1.30 bits per heavy atom. The van der Waals surface area contributed by atoms with Gasteiger partial charge in [-0.05, 0) is 56.8 Å². The SMILES string of the molecule is CCNC(Cc1ccc(Cl)c(Cl)c1)C1(C)CCCCO1. The summed E-state index contributed by atoms with van der Waals surface area (Å²) in [6.07, 6.45) is 4.41. The van der Waals surface area contributed by atoms with E-state index in [-0.39, 0.29) is 5.60 Å². The van der Waals surface area contributed by atoms with Crippen molar-refractivity contribution in [3.63, 3.8) is 0 Å². The van der Waals surface area contributed by atoms with Crippen LogP contribution in [0.5, 0.6) is 0 Å². The third-order valence-electron chi connectivity index (χ3n) is 4.11. The number of halogens is 2. The summed E-state index contributed by atoms with van der Waals surface area (Å²) in [5.41, 5.74) is 1.10. The van der Waals surface area contributed by atoms with Gasteiger partial charge in [0.05, 0.1) is 15.6 Å². The van der Waals surface area contributed by atoms with Crippen molar-refractivity contribution in [3.8, 4) is 0 Å². The first-order chi connectivity index (χ1) is 9.55. The highest BCUT2D eigenvalue weighted by atomic mass is 35.5. The number of rotatable bonds is 5. The second kappa shape index (κ2) is 7.13. The Hall–Kier alpha value is -0.280. The van der Waals surface area contributed by atoms with Crippen molar-refractivity contribution in [2.75, 3.05) is 13.2 Å². The van der Waals surface area contributed by atoms with E-state index in [4.69, 9.17) is 27.9 Å². The van der Waals surface area contributed by atoms with Crippen molar-refractivity contribution in [1.29, 1.82) is 0 Å². The van der Waals surface area contributed by atoms with Gasteiger partial charge in [0.25, 0.3) is 0 Å². The van der Waals surface area contributed by atoms with Crippen LogP contribution >= 0.6 is 23.2 Å². The molecule has 1 aromatic carbocycles. The average molecular weight is 316 g/mol. The molecule has 0 radical (unpaired) electrons. The maximum absolute atomic E-state index is 6.11. The van der Waals surface area contributed by atoms with Crippen LogP contribution in [0.2, 0.25) is 10.0 Å². The third-order valence-corrected chi connectivity index (χ3v) is 4.85. The van der Waals surface area contributed by atoms with Crippen LogP contribution in [-0.4, -0.2) is 24.8 Å². The summed E-state index contributed by atoms with van der Waals surface area (Å²) >= 11 is 12.1. The Morgan fingerprint density at radius 2 is 2.10 bits per heavy atom. The van der Waals surface area contributed by atoms with E-state index in [2.05, 4.69) is 19.2 Å². The summed E-state index contributed by atoms with van der Waals surface area (Å²) in [4.78, 5) is 0. The Balaban J connectivity index is 2.13. The fourth-order valence-corrected chi connectivity index (χ4v) is 3.20. The molecule has 1 saturated heterocycles. The van der Waals surface area contributed by atoms with Gasteiger partial charge in [0, 0.05) is 12.6 Å². The molecule has 2 unspecified atom stereocenters. The predicted molar refractivity (Wildman–Crippen MR) is 85.8 cm³/mol. The number of nitrogens with one attached hydrogen (secondary N) is 1. The fraction of sp³-hybridized carbons (Fsp3) is 0.625. The zero-order valence-electron chi connectivity index (χ0n) is 12.2. The van der Waals surface area contributed by atoms with Gasteiger partial charge in [-0.15, -0.1) is 0 Å². The first-order valence-electron chi connectivity index (χ1n) is 7.36. The van der Waals surface area contributed by atoms with Gasteiger partial charge in [0.15, 0.2) is 0 Å². The zero-order valence-corrected chi connectivity index (χ0v) is 13.7. The largest absolute Gasteiger partial charge is 0.374 e. The molecule has 2 atom stereocenters. The highest BCUT2D eigenvalue weighted by Crippen LogP contribution is 2.31. The number of ether oxygens (including phenoxy) is 1. The summed E-state index contributed by atoms with van der Waals surface area (Å²) in [5.74, 6) is 0. The van der Waals surface area contributed by atoms with Gasteiger partial charge >= 0.3 is 0 Å². The standard InChI is InChI=1S/C16H23Cl2NO/c1-3-19-15(16(2)8-4-5-9-20-16)11-12-6-7-13(17)14(18)10-12/h6-7,10,15,19H,3-5,8-9,11H2,1-2H3. The highest BCUT2D eigenvalue weighted by Gasteiger charge is 2.36. The van der Waals surface area contributed by atoms with Crippen LogP contribution in [0, 0.1) is 0 Å². The van der Waals surface area contributed by atoms with Crippen molar-refractivity contribution in [3.05, 3.63) is 33.8 Å². The fourth-order valence-electron chi connectivity index (χ4n) is 2.88. The van der Waals surface area contributed by atoms with Crippen molar-refractivity contribution in [2.45, 2.75) is 51.2 Å². The third kappa shape index (κ3) is 3.88. The molecule has 2 rings (SSSR count). The number of hydrogen-bond acceptors (Lipinski definition) is 2. The molecule has 1 N–H and O–H groups in total. The van der Waals surface area contributed by atoms with Gasteiger partial charge in [0.1, 0.15) is 0 Å². The minimum atomic E-state index is -0.0969.